The van der Waals surface area contributed by atoms with Crippen LogP contribution in [0.5, 0.6) is 0 Å². The van der Waals surface area contributed by atoms with Crippen molar-refractivity contribution >= 4 is 34.0 Å². The molecule has 2 heterocycles. The third-order valence-corrected chi connectivity index (χ3v) is 4.87. The molecule has 2 aromatic carbocycles. The van der Waals surface area contributed by atoms with Crippen LogP contribution in [0.25, 0.3) is 33.3 Å². The van der Waals surface area contributed by atoms with Gasteiger partial charge in [-0.3, -0.25) is 4.98 Å². The molecule has 0 saturated heterocycles. The van der Waals surface area contributed by atoms with Crippen molar-refractivity contribution in [2.75, 3.05) is 11.5 Å². The predicted molar refractivity (Wildman–Crippen MR) is 110 cm³/mol. The summed E-state index contributed by atoms with van der Waals surface area (Å²) in [5.74, 6) is 0.402. The van der Waals surface area contributed by atoms with E-state index in [0.717, 1.165) is 40.5 Å². The maximum Gasteiger partial charge on any atom is 0.292 e. The van der Waals surface area contributed by atoms with Gasteiger partial charge in [0.2, 0.25) is 0 Å². The first-order chi connectivity index (χ1) is 13.6. The molecule has 1 saturated carbocycles. The van der Waals surface area contributed by atoms with Gasteiger partial charge in [0.05, 0.1) is 23.3 Å². The van der Waals surface area contributed by atoms with Crippen LogP contribution in [0.4, 0.5) is 11.8 Å². The molecule has 5 N–H and O–H groups in total. The summed E-state index contributed by atoms with van der Waals surface area (Å²) < 4.78 is 5.27. The summed E-state index contributed by atoms with van der Waals surface area (Å²) in [6, 6.07) is 11.7. The number of benzene rings is 2. The van der Waals surface area contributed by atoms with E-state index in [2.05, 4.69) is 15.0 Å². The van der Waals surface area contributed by atoms with Crippen molar-refractivity contribution in [2.24, 2.45) is 0 Å². The third kappa shape index (κ3) is 4.04. The first-order valence-electron chi connectivity index (χ1n) is 9.45. The Morgan fingerprint density at radius 2 is 1.57 bits per heavy atom. The lowest BCUT2D eigenvalue weighted by atomic mass is 9.98. The van der Waals surface area contributed by atoms with Crippen LogP contribution < -0.4 is 11.5 Å². The maximum atomic E-state index is 8.91. The first kappa shape index (κ1) is 18.2. The highest BCUT2D eigenvalue weighted by Crippen LogP contribution is 2.27. The van der Waals surface area contributed by atoms with Crippen LogP contribution >= 0.6 is 0 Å². The van der Waals surface area contributed by atoms with E-state index in [1.165, 1.54) is 19.3 Å². The van der Waals surface area contributed by atoms with E-state index in [-0.39, 0.29) is 12.1 Å². The summed E-state index contributed by atoms with van der Waals surface area (Å²) in [5, 5.41) is 8.91. The Bertz CT molecular complexity index is 1100. The first-order valence-corrected chi connectivity index (χ1v) is 9.45. The molecule has 0 atom stereocenters. The lowest BCUT2D eigenvalue weighted by Gasteiger charge is -2.14. The highest BCUT2D eigenvalue weighted by atomic mass is 16.4. The van der Waals surface area contributed by atoms with E-state index in [1.54, 1.807) is 6.20 Å². The Labute approximate surface area is 162 Å². The summed E-state index contributed by atoms with van der Waals surface area (Å²) in [6.45, 7) is 0. The molecule has 1 fully saturated rings. The van der Waals surface area contributed by atoms with Crippen molar-refractivity contribution in [1.82, 2.24) is 15.0 Å². The number of anilines is 2. The summed E-state index contributed by atoms with van der Waals surface area (Å²) in [5.41, 5.74) is 16.2. The molecule has 5 rings (SSSR count). The average molecular weight is 377 g/mol. The number of rotatable bonds is 1. The molecule has 0 aliphatic heterocycles. The van der Waals surface area contributed by atoms with Crippen LogP contribution in [0.15, 0.2) is 47.0 Å². The van der Waals surface area contributed by atoms with Crippen molar-refractivity contribution < 1.29 is 9.52 Å². The normalized spacial score (nSPS) is 14.8. The summed E-state index contributed by atoms with van der Waals surface area (Å²) in [4.78, 5) is 12.7. The fourth-order valence-electron chi connectivity index (χ4n) is 3.41. The molecule has 28 heavy (non-hydrogen) atoms. The van der Waals surface area contributed by atoms with Crippen molar-refractivity contribution in [3.05, 3.63) is 42.6 Å². The minimum Gasteiger partial charge on any atom is -0.424 e. The van der Waals surface area contributed by atoms with E-state index < -0.39 is 0 Å². The molecule has 7 heteroatoms. The molecule has 144 valence electrons. The molecule has 7 nitrogen and oxygen atoms in total. The summed E-state index contributed by atoms with van der Waals surface area (Å²) in [6.07, 6.45) is 7.47. The minimum atomic E-state index is 0.0359. The van der Waals surface area contributed by atoms with Gasteiger partial charge in [0.25, 0.3) is 6.01 Å². The quantitative estimate of drug-likeness (QED) is 0.459. The van der Waals surface area contributed by atoms with Gasteiger partial charge in [0.15, 0.2) is 5.58 Å². The van der Waals surface area contributed by atoms with Gasteiger partial charge < -0.3 is 21.0 Å². The summed E-state index contributed by atoms with van der Waals surface area (Å²) >= 11 is 0. The van der Waals surface area contributed by atoms with Crippen LogP contribution in [0, 0.1) is 0 Å². The van der Waals surface area contributed by atoms with Gasteiger partial charge >= 0.3 is 0 Å². The lowest BCUT2D eigenvalue weighted by molar-refractivity contribution is 0.130. The van der Waals surface area contributed by atoms with Gasteiger partial charge in [-0.2, -0.15) is 4.98 Å². The van der Waals surface area contributed by atoms with Gasteiger partial charge in [0, 0.05) is 0 Å². The SMILES string of the molecule is Nc1cnc2ccc(-c3ccc4oc(N)nc4c3)cc2n1.OC1CCCCC1. The predicted octanol–water partition coefficient (Wildman–Crippen LogP) is 3.91. The van der Waals surface area contributed by atoms with Crippen LogP contribution in [0.3, 0.4) is 0 Å². The number of hydrogen-bond donors (Lipinski definition) is 3. The van der Waals surface area contributed by atoms with Crippen LogP contribution in [-0.4, -0.2) is 26.2 Å². The second-order valence-corrected chi connectivity index (χ2v) is 7.02. The van der Waals surface area contributed by atoms with E-state index >= 15 is 0 Å². The minimum absolute atomic E-state index is 0.0359. The molecule has 0 radical (unpaired) electrons. The molecule has 4 aromatic rings. The number of aliphatic hydroxyl groups excluding tert-OH is 1. The Morgan fingerprint density at radius 1 is 0.857 bits per heavy atom. The Hall–Kier alpha value is -3.19. The molecular weight excluding hydrogens is 354 g/mol. The molecule has 1 aliphatic carbocycles. The number of nitrogen functional groups attached to an aromatic ring is 2. The molecular formula is C21H23N5O2. The van der Waals surface area contributed by atoms with E-state index in [9.17, 15) is 0 Å². The van der Waals surface area contributed by atoms with Gasteiger partial charge in [-0.05, 0) is 48.2 Å². The number of oxazole rings is 1. The van der Waals surface area contributed by atoms with Crippen molar-refractivity contribution in [2.45, 2.75) is 38.2 Å². The second-order valence-electron chi connectivity index (χ2n) is 7.02. The topological polar surface area (TPSA) is 124 Å². The second kappa shape index (κ2) is 7.82. The van der Waals surface area contributed by atoms with Crippen LogP contribution in [0.1, 0.15) is 32.1 Å². The van der Waals surface area contributed by atoms with E-state index in [1.807, 2.05) is 36.4 Å². The molecule has 0 spiro atoms. The molecule has 1 aliphatic rings. The third-order valence-electron chi connectivity index (χ3n) is 4.87. The number of aromatic nitrogens is 3. The number of fused-ring (bicyclic) bond motifs is 2. The van der Waals surface area contributed by atoms with Gasteiger partial charge in [-0.15, -0.1) is 0 Å². The van der Waals surface area contributed by atoms with Gasteiger partial charge in [0.1, 0.15) is 11.3 Å². The zero-order valence-electron chi connectivity index (χ0n) is 15.5. The number of nitrogens with zero attached hydrogens (tertiary/aromatic N) is 3. The average Bonchev–Trinajstić information content (AvgIpc) is 3.07. The Morgan fingerprint density at radius 3 is 2.29 bits per heavy atom. The smallest absolute Gasteiger partial charge is 0.292 e. The van der Waals surface area contributed by atoms with E-state index in [0.29, 0.717) is 11.4 Å². The van der Waals surface area contributed by atoms with Gasteiger partial charge in [-0.25, -0.2) is 4.98 Å². The number of nitrogens with two attached hydrogens (primary N) is 2. The maximum absolute atomic E-state index is 8.91. The largest absolute Gasteiger partial charge is 0.424 e. The number of aliphatic hydroxyl groups is 1. The lowest BCUT2D eigenvalue weighted by Crippen LogP contribution is -2.09. The number of hydrogen-bond acceptors (Lipinski definition) is 7. The summed E-state index contributed by atoms with van der Waals surface area (Å²) in [7, 11) is 0. The Kier molecular flexibility index (Phi) is 5.08. The fourth-order valence-corrected chi connectivity index (χ4v) is 3.41. The van der Waals surface area contributed by atoms with Crippen molar-refractivity contribution in [1.29, 1.82) is 0 Å². The molecule has 0 unspecified atom stereocenters. The van der Waals surface area contributed by atoms with Crippen LogP contribution in [-0.2, 0) is 0 Å². The highest BCUT2D eigenvalue weighted by molar-refractivity contribution is 5.86. The Balaban J connectivity index is 0.000000233. The molecule has 2 aromatic heterocycles. The van der Waals surface area contributed by atoms with Gasteiger partial charge in [-0.1, -0.05) is 31.4 Å². The monoisotopic (exact) mass is 377 g/mol. The molecule has 0 amide bonds. The highest BCUT2D eigenvalue weighted by Gasteiger charge is 2.08. The zero-order valence-corrected chi connectivity index (χ0v) is 15.5. The van der Waals surface area contributed by atoms with Crippen molar-refractivity contribution in [3.8, 4) is 11.1 Å². The fraction of sp³-hybridized carbons (Fsp3) is 0.286. The zero-order chi connectivity index (χ0) is 19.5. The van der Waals surface area contributed by atoms with Crippen LogP contribution in [0.2, 0.25) is 0 Å². The van der Waals surface area contributed by atoms with Crippen molar-refractivity contribution in [3.63, 3.8) is 0 Å². The molecule has 0 bridgehead atoms. The van der Waals surface area contributed by atoms with E-state index in [4.69, 9.17) is 21.0 Å². The standard InChI is InChI=1S/C15H11N5O.C6H12O/c16-14-7-18-10-3-1-8(5-11(10)19-14)9-2-4-13-12(6-9)20-15(17)21-13;7-6-4-2-1-3-5-6/h1-7H,(H2,16,19)(H2,17,20);6-7H,1-5H2.